The molecule has 3 nitrogen and oxygen atoms in total. The van der Waals surface area contributed by atoms with Crippen molar-refractivity contribution in [2.45, 2.75) is 64.4 Å². The van der Waals surface area contributed by atoms with Crippen molar-refractivity contribution >= 4 is 5.97 Å². The molecular weight excluding hydrogens is 180 g/mol. The maximum atomic E-state index is 10.7. The minimum atomic E-state index is -1.49. The van der Waals surface area contributed by atoms with Gasteiger partial charge in [-0.1, -0.05) is 39.5 Å². The van der Waals surface area contributed by atoms with Gasteiger partial charge in [0.15, 0.2) is 5.60 Å². The lowest BCUT2D eigenvalue weighted by atomic mass is 9.93. The lowest BCUT2D eigenvalue weighted by Gasteiger charge is -2.21. The van der Waals surface area contributed by atoms with Crippen molar-refractivity contribution in [3.05, 3.63) is 0 Å². The third kappa shape index (κ3) is 4.61. The Morgan fingerprint density at radius 3 is 2.14 bits per heavy atom. The Balaban J connectivity index is 3.68. The van der Waals surface area contributed by atoms with E-state index in [9.17, 15) is 9.90 Å². The molecule has 0 amide bonds. The Morgan fingerprint density at radius 2 is 1.71 bits per heavy atom. The summed E-state index contributed by atoms with van der Waals surface area (Å²) in [7, 11) is 0. The minimum absolute atomic E-state index is 0.288. The zero-order valence-electron chi connectivity index (χ0n) is 9.25. The highest BCUT2D eigenvalue weighted by atomic mass is 16.4. The number of unbranched alkanes of at least 4 members (excludes halogenated alkanes) is 4. The van der Waals surface area contributed by atoms with Gasteiger partial charge in [-0.2, -0.15) is 0 Å². The van der Waals surface area contributed by atoms with E-state index in [-0.39, 0.29) is 6.42 Å². The Labute approximate surface area is 86.1 Å². The Hall–Kier alpha value is -0.570. The summed E-state index contributed by atoms with van der Waals surface area (Å²) in [5.74, 6) is -1.09. The molecule has 3 heteroatoms. The van der Waals surface area contributed by atoms with Gasteiger partial charge in [-0.25, -0.2) is 4.79 Å². The molecule has 1 atom stereocenters. The topological polar surface area (TPSA) is 57.5 Å². The normalized spacial score (nSPS) is 15.1. The van der Waals surface area contributed by atoms with E-state index in [2.05, 4.69) is 6.92 Å². The average Bonchev–Trinajstić information content (AvgIpc) is 2.17. The maximum absolute atomic E-state index is 10.7. The van der Waals surface area contributed by atoms with Crippen LogP contribution < -0.4 is 0 Å². The van der Waals surface area contributed by atoms with Crippen LogP contribution in [0.15, 0.2) is 0 Å². The smallest absolute Gasteiger partial charge is 0.335 e. The summed E-state index contributed by atoms with van der Waals surface area (Å²) in [4.78, 5) is 10.7. The van der Waals surface area contributed by atoms with Crippen LogP contribution in [0.3, 0.4) is 0 Å². The van der Waals surface area contributed by atoms with Gasteiger partial charge in [0.25, 0.3) is 0 Å². The molecule has 0 bridgehead atoms. The predicted octanol–water partition coefficient (Wildman–Crippen LogP) is 2.57. The molecule has 0 aliphatic heterocycles. The van der Waals surface area contributed by atoms with Gasteiger partial charge in [0, 0.05) is 0 Å². The summed E-state index contributed by atoms with van der Waals surface area (Å²) in [5, 5.41) is 18.4. The van der Waals surface area contributed by atoms with Gasteiger partial charge in [0.05, 0.1) is 0 Å². The van der Waals surface area contributed by atoms with Crippen molar-refractivity contribution in [3.8, 4) is 0 Å². The molecule has 0 unspecified atom stereocenters. The Morgan fingerprint density at radius 1 is 1.14 bits per heavy atom. The number of aliphatic hydroxyl groups is 1. The van der Waals surface area contributed by atoms with Crippen LogP contribution in [-0.2, 0) is 4.79 Å². The number of aliphatic carboxylic acids is 1. The van der Waals surface area contributed by atoms with Crippen LogP contribution in [0.4, 0.5) is 0 Å². The summed E-state index contributed by atoms with van der Waals surface area (Å²) in [5.41, 5.74) is -1.49. The molecule has 0 saturated heterocycles. The van der Waals surface area contributed by atoms with Crippen LogP contribution in [0.1, 0.15) is 58.8 Å². The third-order valence-electron chi connectivity index (χ3n) is 2.68. The van der Waals surface area contributed by atoms with E-state index in [0.717, 1.165) is 19.3 Å². The van der Waals surface area contributed by atoms with Gasteiger partial charge in [-0.05, 0) is 19.3 Å². The van der Waals surface area contributed by atoms with Crippen molar-refractivity contribution in [3.63, 3.8) is 0 Å². The summed E-state index contributed by atoms with van der Waals surface area (Å²) in [6.45, 7) is 3.85. The van der Waals surface area contributed by atoms with Crippen LogP contribution in [0.25, 0.3) is 0 Å². The second-order valence-corrected chi connectivity index (χ2v) is 3.85. The molecule has 0 aromatic rings. The molecule has 0 aliphatic carbocycles. The van der Waals surface area contributed by atoms with Gasteiger partial charge in [-0.15, -0.1) is 0 Å². The molecule has 2 N–H and O–H groups in total. The van der Waals surface area contributed by atoms with Crippen LogP contribution in [-0.4, -0.2) is 21.8 Å². The Kier molecular flexibility index (Phi) is 6.54. The van der Waals surface area contributed by atoms with Crippen molar-refractivity contribution < 1.29 is 15.0 Å². The molecule has 0 aliphatic rings. The molecular formula is C11H22O3. The molecule has 84 valence electrons. The summed E-state index contributed by atoms with van der Waals surface area (Å²) < 4.78 is 0. The molecule has 0 spiro atoms. The zero-order valence-corrected chi connectivity index (χ0v) is 9.25. The summed E-state index contributed by atoms with van der Waals surface area (Å²) in [6.07, 6.45) is 5.99. The lowest BCUT2D eigenvalue weighted by Crippen LogP contribution is -2.37. The number of carboxylic acids is 1. The highest BCUT2D eigenvalue weighted by molar-refractivity contribution is 5.76. The van der Waals surface area contributed by atoms with Crippen LogP contribution >= 0.6 is 0 Å². The second-order valence-electron chi connectivity index (χ2n) is 3.85. The Bertz CT molecular complexity index is 168. The standard InChI is InChI=1S/C11H22O3/c1-3-5-6-7-8-9-11(14,4-2)10(12)13/h14H,3-9H2,1-2H3,(H,12,13)/t11-/m0/s1. The van der Waals surface area contributed by atoms with Crippen LogP contribution in [0.5, 0.6) is 0 Å². The molecule has 0 fully saturated rings. The number of hydrogen-bond acceptors (Lipinski definition) is 2. The number of carbonyl (C=O) groups is 1. The quantitative estimate of drug-likeness (QED) is 0.595. The van der Waals surface area contributed by atoms with Gasteiger partial charge in [0.2, 0.25) is 0 Å². The minimum Gasteiger partial charge on any atom is -0.479 e. The van der Waals surface area contributed by atoms with E-state index in [1.54, 1.807) is 6.92 Å². The van der Waals surface area contributed by atoms with Gasteiger partial charge in [-0.3, -0.25) is 0 Å². The highest BCUT2D eigenvalue weighted by Crippen LogP contribution is 2.19. The first-order chi connectivity index (χ1) is 6.56. The third-order valence-corrected chi connectivity index (χ3v) is 2.68. The van der Waals surface area contributed by atoms with Gasteiger partial charge < -0.3 is 10.2 Å². The zero-order chi connectivity index (χ0) is 11.0. The SMILES string of the molecule is CCCCCCC[C@@](O)(CC)C(=O)O. The highest BCUT2D eigenvalue weighted by Gasteiger charge is 2.32. The molecule has 0 aromatic carbocycles. The fourth-order valence-corrected chi connectivity index (χ4v) is 1.46. The van der Waals surface area contributed by atoms with E-state index in [0.29, 0.717) is 6.42 Å². The second kappa shape index (κ2) is 6.82. The number of carboxylic acid groups (broad SMARTS) is 1. The number of hydrogen-bond donors (Lipinski definition) is 2. The van der Waals surface area contributed by atoms with Gasteiger partial charge in [0.1, 0.15) is 0 Å². The predicted molar refractivity (Wildman–Crippen MR) is 56.3 cm³/mol. The lowest BCUT2D eigenvalue weighted by molar-refractivity contribution is -0.159. The molecule has 0 saturated carbocycles. The number of rotatable bonds is 8. The maximum Gasteiger partial charge on any atom is 0.335 e. The van der Waals surface area contributed by atoms with E-state index in [1.165, 1.54) is 12.8 Å². The van der Waals surface area contributed by atoms with E-state index < -0.39 is 11.6 Å². The van der Waals surface area contributed by atoms with Crippen molar-refractivity contribution in [1.29, 1.82) is 0 Å². The first-order valence-corrected chi connectivity index (χ1v) is 5.52. The first-order valence-electron chi connectivity index (χ1n) is 5.52. The molecule has 14 heavy (non-hydrogen) atoms. The van der Waals surface area contributed by atoms with Crippen molar-refractivity contribution in [1.82, 2.24) is 0 Å². The van der Waals surface area contributed by atoms with E-state index in [4.69, 9.17) is 5.11 Å². The molecule has 0 radical (unpaired) electrons. The molecule has 0 heterocycles. The van der Waals surface area contributed by atoms with Gasteiger partial charge >= 0.3 is 5.97 Å². The first kappa shape index (κ1) is 13.4. The van der Waals surface area contributed by atoms with E-state index in [1.807, 2.05) is 0 Å². The monoisotopic (exact) mass is 202 g/mol. The largest absolute Gasteiger partial charge is 0.479 e. The fourth-order valence-electron chi connectivity index (χ4n) is 1.46. The van der Waals surface area contributed by atoms with Crippen LogP contribution in [0.2, 0.25) is 0 Å². The van der Waals surface area contributed by atoms with Crippen LogP contribution in [0, 0.1) is 0 Å². The van der Waals surface area contributed by atoms with E-state index >= 15 is 0 Å². The summed E-state index contributed by atoms with van der Waals surface area (Å²) >= 11 is 0. The average molecular weight is 202 g/mol. The summed E-state index contributed by atoms with van der Waals surface area (Å²) in [6, 6.07) is 0. The van der Waals surface area contributed by atoms with Crippen molar-refractivity contribution in [2.24, 2.45) is 0 Å². The fraction of sp³-hybridized carbons (Fsp3) is 0.909. The molecule has 0 rings (SSSR count). The van der Waals surface area contributed by atoms with Crippen molar-refractivity contribution in [2.75, 3.05) is 0 Å². The molecule has 0 aromatic heterocycles.